The molecule has 2 aromatic carbocycles. The van der Waals surface area contributed by atoms with Gasteiger partial charge in [-0.25, -0.2) is 0 Å². The van der Waals surface area contributed by atoms with E-state index in [0.717, 1.165) is 43.5 Å². The van der Waals surface area contributed by atoms with E-state index >= 15 is 0 Å². The van der Waals surface area contributed by atoms with Crippen LogP contribution in [0.2, 0.25) is 0 Å². The van der Waals surface area contributed by atoms with E-state index in [1.54, 1.807) is 0 Å². The quantitative estimate of drug-likeness (QED) is 0.631. The molecule has 2 atom stereocenters. The van der Waals surface area contributed by atoms with Gasteiger partial charge in [0.25, 0.3) is 5.91 Å². The molecule has 0 spiro atoms. The SMILES string of the molecule is Cc1ccc(C2c3cc(OC(C)C(=O)N4CCCC4)ccc3CCN2C(=O)CC(C)C)cc1. The highest BCUT2D eigenvalue weighted by molar-refractivity contribution is 5.81. The number of fused-ring (bicyclic) bond motifs is 1. The molecule has 0 saturated carbocycles. The maximum absolute atomic E-state index is 13.2. The molecule has 2 aromatic rings. The van der Waals surface area contributed by atoms with E-state index in [9.17, 15) is 9.59 Å². The van der Waals surface area contributed by atoms with Crippen LogP contribution >= 0.6 is 0 Å². The predicted octanol–water partition coefficient (Wildman–Crippen LogP) is 4.90. The van der Waals surface area contributed by atoms with Gasteiger partial charge in [0.15, 0.2) is 6.10 Å². The summed E-state index contributed by atoms with van der Waals surface area (Å²) in [5.74, 6) is 1.23. The second-order valence-electron chi connectivity index (χ2n) is 9.90. The Balaban J connectivity index is 1.64. The first kappa shape index (κ1) is 23.3. The Morgan fingerprint density at radius 2 is 1.70 bits per heavy atom. The van der Waals surface area contributed by atoms with E-state index in [2.05, 4.69) is 51.1 Å². The zero-order chi connectivity index (χ0) is 23.5. The molecule has 4 rings (SSSR count). The van der Waals surface area contributed by atoms with Crippen molar-refractivity contribution in [3.05, 3.63) is 64.7 Å². The highest BCUT2D eigenvalue weighted by Crippen LogP contribution is 2.38. The van der Waals surface area contributed by atoms with Crippen LogP contribution in [0.1, 0.15) is 68.3 Å². The summed E-state index contributed by atoms with van der Waals surface area (Å²) in [6.45, 7) is 10.4. The Morgan fingerprint density at radius 3 is 2.36 bits per heavy atom. The lowest BCUT2D eigenvalue weighted by Crippen LogP contribution is -2.41. The topological polar surface area (TPSA) is 49.9 Å². The number of hydrogen-bond acceptors (Lipinski definition) is 3. The summed E-state index contributed by atoms with van der Waals surface area (Å²) in [6.07, 6.45) is 2.96. The van der Waals surface area contributed by atoms with Crippen LogP contribution < -0.4 is 4.74 Å². The molecule has 176 valence electrons. The third kappa shape index (κ3) is 5.23. The summed E-state index contributed by atoms with van der Waals surface area (Å²) in [5.41, 5.74) is 4.64. The molecule has 0 bridgehead atoms. The van der Waals surface area contributed by atoms with Crippen LogP contribution in [0.5, 0.6) is 5.75 Å². The van der Waals surface area contributed by atoms with Crippen molar-refractivity contribution in [1.82, 2.24) is 9.80 Å². The number of hydrogen-bond donors (Lipinski definition) is 0. The van der Waals surface area contributed by atoms with Crippen molar-refractivity contribution in [3.63, 3.8) is 0 Å². The van der Waals surface area contributed by atoms with Crippen molar-refractivity contribution in [2.75, 3.05) is 19.6 Å². The molecule has 1 fully saturated rings. The fraction of sp³-hybridized carbons (Fsp3) is 0.500. The largest absolute Gasteiger partial charge is 0.481 e. The van der Waals surface area contributed by atoms with Gasteiger partial charge < -0.3 is 14.5 Å². The lowest BCUT2D eigenvalue weighted by atomic mass is 9.87. The fourth-order valence-electron chi connectivity index (χ4n) is 4.96. The lowest BCUT2D eigenvalue weighted by Gasteiger charge is -2.38. The minimum absolute atomic E-state index is 0.0500. The normalized spacial score (nSPS) is 18.9. The average molecular weight is 449 g/mol. The van der Waals surface area contributed by atoms with E-state index in [-0.39, 0.29) is 17.9 Å². The van der Waals surface area contributed by atoms with Gasteiger partial charge in [0.05, 0.1) is 6.04 Å². The van der Waals surface area contributed by atoms with E-state index in [1.165, 1.54) is 11.1 Å². The molecule has 2 aliphatic rings. The van der Waals surface area contributed by atoms with Gasteiger partial charge in [-0.05, 0) is 67.9 Å². The molecule has 0 aliphatic carbocycles. The average Bonchev–Trinajstić information content (AvgIpc) is 3.33. The van der Waals surface area contributed by atoms with E-state index in [1.807, 2.05) is 28.9 Å². The van der Waals surface area contributed by atoms with E-state index in [4.69, 9.17) is 4.74 Å². The minimum Gasteiger partial charge on any atom is -0.481 e. The maximum Gasteiger partial charge on any atom is 0.263 e. The molecular formula is C28H36N2O3. The van der Waals surface area contributed by atoms with Crippen molar-refractivity contribution in [3.8, 4) is 5.75 Å². The van der Waals surface area contributed by atoms with Crippen LogP contribution in [0.3, 0.4) is 0 Å². The number of rotatable bonds is 6. The van der Waals surface area contributed by atoms with Crippen molar-refractivity contribution in [2.24, 2.45) is 5.92 Å². The van der Waals surface area contributed by atoms with Crippen molar-refractivity contribution < 1.29 is 14.3 Å². The van der Waals surface area contributed by atoms with Crippen LogP contribution in [0.15, 0.2) is 42.5 Å². The number of ether oxygens (including phenoxy) is 1. The Kier molecular flexibility index (Phi) is 7.06. The highest BCUT2D eigenvalue weighted by atomic mass is 16.5. The molecule has 5 nitrogen and oxygen atoms in total. The fourth-order valence-corrected chi connectivity index (χ4v) is 4.96. The van der Waals surface area contributed by atoms with Gasteiger partial charge in [-0.2, -0.15) is 0 Å². The summed E-state index contributed by atoms with van der Waals surface area (Å²) < 4.78 is 6.12. The number of carbonyl (C=O) groups is 2. The first-order chi connectivity index (χ1) is 15.8. The van der Waals surface area contributed by atoms with E-state index in [0.29, 0.717) is 24.6 Å². The van der Waals surface area contributed by atoms with E-state index < -0.39 is 6.10 Å². The second kappa shape index (κ2) is 9.98. The minimum atomic E-state index is -0.527. The Bertz CT molecular complexity index is 993. The van der Waals surface area contributed by atoms with Crippen LogP contribution in [0, 0.1) is 12.8 Å². The number of amides is 2. The number of nitrogens with zero attached hydrogens (tertiary/aromatic N) is 2. The van der Waals surface area contributed by atoms with Crippen molar-refractivity contribution in [2.45, 2.75) is 65.5 Å². The van der Waals surface area contributed by atoms with Gasteiger partial charge in [0, 0.05) is 26.1 Å². The molecular weight excluding hydrogens is 412 g/mol. The molecule has 2 aliphatic heterocycles. The molecule has 2 heterocycles. The first-order valence-electron chi connectivity index (χ1n) is 12.3. The number of likely N-dealkylation sites (tertiary alicyclic amines) is 1. The Hall–Kier alpha value is -2.82. The molecule has 1 saturated heterocycles. The smallest absolute Gasteiger partial charge is 0.263 e. The molecule has 0 aromatic heterocycles. The van der Waals surface area contributed by atoms with Crippen LogP contribution in [0.25, 0.3) is 0 Å². The highest BCUT2D eigenvalue weighted by Gasteiger charge is 2.33. The summed E-state index contributed by atoms with van der Waals surface area (Å²) in [7, 11) is 0. The molecule has 5 heteroatoms. The lowest BCUT2D eigenvalue weighted by molar-refractivity contribution is -0.136. The summed E-state index contributed by atoms with van der Waals surface area (Å²) in [4.78, 5) is 29.9. The molecule has 0 N–H and O–H groups in total. The number of aryl methyl sites for hydroxylation is 1. The van der Waals surface area contributed by atoms with Crippen LogP contribution in [-0.4, -0.2) is 47.4 Å². The maximum atomic E-state index is 13.2. The predicted molar refractivity (Wildman–Crippen MR) is 130 cm³/mol. The third-order valence-electron chi connectivity index (χ3n) is 6.72. The van der Waals surface area contributed by atoms with Gasteiger partial charge in [-0.3, -0.25) is 9.59 Å². The van der Waals surface area contributed by atoms with Crippen LogP contribution in [0.4, 0.5) is 0 Å². The number of carbonyl (C=O) groups excluding carboxylic acids is 2. The zero-order valence-electron chi connectivity index (χ0n) is 20.3. The summed E-state index contributed by atoms with van der Waals surface area (Å²) in [5, 5.41) is 0. The Morgan fingerprint density at radius 1 is 1.00 bits per heavy atom. The molecule has 2 amide bonds. The number of benzene rings is 2. The van der Waals surface area contributed by atoms with Gasteiger partial charge in [-0.15, -0.1) is 0 Å². The Labute approximate surface area is 197 Å². The standard InChI is InChI=1S/C28H36N2O3/c1-19(2)17-26(31)30-16-13-22-11-12-24(33-21(4)28(32)29-14-5-6-15-29)18-25(22)27(30)23-9-7-20(3)8-10-23/h7-12,18-19,21,27H,5-6,13-17H2,1-4H3. The van der Waals surface area contributed by atoms with Gasteiger partial charge in [0.2, 0.25) is 5.91 Å². The van der Waals surface area contributed by atoms with Gasteiger partial charge in [-0.1, -0.05) is 49.7 Å². The summed E-state index contributed by atoms with van der Waals surface area (Å²) in [6, 6.07) is 14.4. The summed E-state index contributed by atoms with van der Waals surface area (Å²) >= 11 is 0. The molecule has 33 heavy (non-hydrogen) atoms. The monoisotopic (exact) mass is 448 g/mol. The van der Waals surface area contributed by atoms with Gasteiger partial charge in [0.1, 0.15) is 5.75 Å². The van der Waals surface area contributed by atoms with Crippen molar-refractivity contribution in [1.29, 1.82) is 0 Å². The van der Waals surface area contributed by atoms with Crippen LogP contribution in [-0.2, 0) is 16.0 Å². The molecule has 0 radical (unpaired) electrons. The third-order valence-corrected chi connectivity index (χ3v) is 6.72. The zero-order valence-corrected chi connectivity index (χ0v) is 20.3. The second-order valence-corrected chi connectivity index (χ2v) is 9.90. The first-order valence-corrected chi connectivity index (χ1v) is 12.3. The molecule has 2 unspecified atom stereocenters. The van der Waals surface area contributed by atoms with Gasteiger partial charge >= 0.3 is 0 Å². The van der Waals surface area contributed by atoms with Crippen molar-refractivity contribution >= 4 is 11.8 Å².